The summed E-state index contributed by atoms with van der Waals surface area (Å²) in [5.41, 5.74) is 6.86. The molecule has 18 heavy (non-hydrogen) atoms. The summed E-state index contributed by atoms with van der Waals surface area (Å²) in [5.74, 6) is 1.06. The van der Waals surface area contributed by atoms with Gasteiger partial charge in [0.2, 0.25) is 0 Å². The molecule has 0 fully saturated rings. The van der Waals surface area contributed by atoms with Crippen LogP contribution in [0.15, 0.2) is 47.5 Å². The van der Waals surface area contributed by atoms with Crippen molar-refractivity contribution >= 4 is 5.84 Å². The van der Waals surface area contributed by atoms with Crippen LogP contribution in [0, 0.1) is 0 Å². The third kappa shape index (κ3) is 1.32. The summed E-state index contributed by atoms with van der Waals surface area (Å²) in [7, 11) is 0. The van der Waals surface area contributed by atoms with Gasteiger partial charge in [-0.15, -0.1) is 0 Å². The largest absolute Gasteiger partial charge is 0.368 e. The highest BCUT2D eigenvalue weighted by molar-refractivity contribution is 6.06. The van der Waals surface area contributed by atoms with Crippen molar-refractivity contribution < 1.29 is 0 Å². The van der Waals surface area contributed by atoms with Gasteiger partial charge in [0.05, 0.1) is 6.54 Å². The van der Waals surface area contributed by atoms with Crippen molar-refractivity contribution in [2.75, 3.05) is 13.1 Å². The predicted molar refractivity (Wildman–Crippen MR) is 74.1 cm³/mol. The highest BCUT2D eigenvalue weighted by Crippen LogP contribution is 2.38. The summed E-state index contributed by atoms with van der Waals surface area (Å²) in [6.07, 6.45) is 1.05. The molecular weight excluding hydrogens is 220 g/mol. The van der Waals surface area contributed by atoms with Crippen molar-refractivity contribution in [3.8, 4) is 11.1 Å². The summed E-state index contributed by atoms with van der Waals surface area (Å²) in [5, 5.41) is 3.38. The average Bonchev–Trinajstić information content (AvgIpc) is 3.05. The molecule has 0 saturated carbocycles. The van der Waals surface area contributed by atoms with Crippen molar-refractivity contribution in [3.05, 3.63) is 59.2 Å². The van der Waals surface area contributed by atoms with Crippen LogP contribution in [0.5, 0.6) is 0 Å². The number of hydrogen-bond donors (Lipinski definition) is 1. The van der Waals surface area contributed by atoms with E-state index in [-0.39, 0.29) is 0 Å². The summed E-state index contributed by atoms with van der Waals surface area (Å²) in [6, 6.07) is 15.2. The van der Waals surface area contributed by atoms with Crippen LogP contribution >= 0.6 is 0 Å². The minimum Gasteiger partial charge on any atom is -0.368 e. The van der Waals surface area contributed by atoms with Gasteiger partial charge in [-0.2, -0.15) is 0 Å². The first-order chi connectivity index (χ1) is 8.93. The first-order valence-electron chi connectivity index (χ1n) is 6.42. The number of nitrogens with one attached hydrogen (secondary N) is 1. The number of fused-ring (bicyclic) bond motifs is 3. The van der Waals surface area contributed by atoms with E-state index in [0.29, 0.717) is 0 Å². The minimum absolute atomic E-state index is 0.890. The molecule has 0 atom stereocenters. The van der Waals surface area contributed by atoms with E-state index in [2.05, 4.69) is 52.8 Å². The highest BCUT2D eigenvalue weighted by Gasteiger charge is 2.23. The molecule has 0 unspecified atom stereocenters. The lowest BCUT2D eigenvalue weighted by Gasteiger charge is -2.10. The fraction of sp³-hybridized carbons (Fsp3) is 0.188. The van der Waals surface area contributed by atoms with Crippen LogP contribution in [0.3, 0.4) is 0 Å². The molecule has 2 aromatic rings. The zero-order valence-corrected chi connectivity index (χ0v) is 10.1. The molecule has 1 aliphatic carbocycles. The molecule has 0 spiro atoms. The third-order valence-electron chi connectivity index (χ3n) is 3.75. The molecule has 4 rings (SSSR count). The lowest BCUT2D eigenvalue weighted by molar-refractivity contribution is 0.960. The lowest BCUT2D eigenvalue weighted by Crippen LogP contribution is -2.20. The molecule has 2 nitrogen and oxygen atoms in total. The molecule has 1 N–H and O–H groups in total. The number of rotatable bonds is 1. The molecule has 0 radical (unpaired) electrons. The van der Waals surface area contributed by atoms with Gasteiger partial charge < -0.3 is 5.32 Å². The van der Waals surface area contributed by atoms with Gasteiger partial charge in [0.25, 0.3) is 0 Å². The molecule has 0 saturated heterocycles. The molecule has 0 bridgehead atoms. The van der Waals surface area contributed by atoms with Crippen LogP contribution in [0.1, 0.15) is 16.7 Å². The van der Waals surface area contributed by atoms with Crippen LogP contribution in [-0.2, 0) is 6.42 Å². The van der Waals surface area contributed by atoms with Gasteiger partial charge in [-0.05, 0) is 28.7 Å². The van der Waals surface area contributed by atoms with E-state index in [9.17, 15) is 0 Å². The number of amidine groups is 1. The van der Waals surface area contributed by atoms with Crippen molar-refractivity contribution in [1.82, 2.24) is 5.32 Å². The number of aliphatic imine (C=N–C) groups is 1. The first kappa shape index (κ1) is 9.89. The Morgan fingerprint density at radius 2 is 1.72 bits per heavy atom. The Morgan fingerprint density at radius 1 is 0.889 bits per heavy atom. The Labute approximate surface area is 106 Å². The lowest BCUT2D eigenvalue weighted by atomic mass is 9.99. The van der Waals surface area contributed by atoms with Crippen molar-refractivity contribution in [2.45, 2.75) is 6.42 Å². The standard InChI is InChI=1S/C16H14N2/c1-2-6-13-11(4-1)10-12-5-3-7-14(15(12)13)16-17-8-9-18-16/h1-7H,8-10H2,(H,17,18). The minimum atomic E-state index is 0.890. The molecule has 88 valence electrons. The third-order valence-corrected chi connectivity index (χ3v) is 3.75. The zero-order valence-electron chi connectivity index (χ0n) is 10.1. The van der Waals surface area contributed by atoms with Gasteiger partial charge in [0.15, 0.2) is 0 Å². The monoisotopic (exact) mass is 234 g/mol. The maximum Gasteiger partial charge on any atom is 0.129 e. The van der Waals surface area contributed by atoms with Gasteiger partial charge in [0, 0.05) is 12.1 Å². The average molecular weight is 234 g/mol. The van der Waals surface area contributed by atoms with E-state index in [1.54, 1.807) is 0 Å². The smallest absolute Gasteiger partial charge is 0.129 e. The van der Waals surface area contributed by atoms with E-state index in [1.165, 1.54) is 27.8 Å². The van der Waals surface area contributed by atoms with E-state index < -0.39 is 0 Å². The van der Waals surface area contributed by atoms with Gasteiger partial charge in [-0.3, -0.25) is 4.99 Å². The van der Waals surface area contributed by atoms with Gasteiger partial charge in [-0.25, -0.2) is 0 Å². The fourth-order valence-corrected chi connectivity index (χ4v) is 2.96. The van der Waals surface area contributed by atoms with Crippen LogP contribution in [0.25, 0.3) is 11.1 Å². The second kappa shape index (κ2) is 3.70. The molecule has 0 aromatic heterocycles. The Morgan fingerprint density at radius 3 is 2.61 bits per heavy atom. The SMILES string of the molecule is c1ccc2c(c1)Cc1cccc(C3=NCCN3)c1-2. The van der Waals surface area contributed by atoms with Crippen molar-refractivity contribution in [2.24, 2.45) is 4.99 Å². The molecule has 2 aliphatic rings. The summed E-state index contributed by atoms with van der Waals surface area (Å²) < 4.78 is 0. The van der Waals surface area contributed by atoms with E-state index in [1.807, 2.05) is 0 Å². The quantitative estimate of drug-likeness (QED) is 0.687. The van der Waals surface area contributed by atoms with Crippen LogP contribution < -0.4 is 5.32 Å². The summed E-state index contributed by atoms with van der Waals surface area (Å²) in [4.78, 5) is 4.56. The fourth-order valence-electron chi connectivity index (χ4n) is 2.96. The Kier molecular flexibility index (Phi) is 2.04. The van der Waals surface area contributed by atoms with Crippen LogP contribution in [0.2, 0.25) is 0 Å². The van der Waals surface area contributed by atoms with Gasteiger partial charge in [0.1, 0.15) is 5.84 Å². The number of hydrogen-bond acceptors (Lipinski definition) is 2. The predicted octanol–water partition coefficient (Wildman–Crippen LogP) is 2.61. The van der Waals surface area contributed by atoms with Gasteiger partial charge in [-0.1, -0.05) is 42.5 Å². The normalized spacial score (nSPS) is 15.9. The second-order valence-electron chi connectivity index (χ2n) is 4.83. The molecule has 1 aliphatic heterocycles. The maximum atomic E-state index is 4.56. The topological polar surface area (TPSA) is 24.4 Å². The summed E-state index contributed by atoms with van der Waals surface area (Å²) in [6.45, 7) is 1.85. The summed E-state index contributed by atoms with van der Waals surface area (Å²) >= 11 is 0. The van der Waals surface area contributed by atoms with Crippen LogP contribution in [0.4, 0.5) is 0 Å². The number of benzene rings is 2. The Bertz CT molecular complexity index is 656. The Balaban J connectivity index is 1.97. The van der Waals surface area contributed by atoms with E-state index >= 15 is 0 Å². The Hall–Kier alpha value is -2.09. The maximum absolute atomic E-state index is 4.56. The molecule has 1 heterocycles. The van der Waals surface area contributed by atoms with Crippen molar-refractivity contribution in [1.29, 1.82) is 0 Å². The van der Waals surface area contributed by atoms with E-state index in [4.69, 9.17) is 0 Å². The van der Waals surface area contributed by atoms with Crippen LogP contribution in [-0.4, -0.2) is 18.9 Å². The first-order valence-corrected chi connectivity index (χ1v) is 6.42. The second-order valence-corrected chi connectivity index (χ2v) is 4.83. The van der Waals surface area contributed by atoms with Gasteiger partial charge >= 0.3 is 0 Å². The molecule has 2 heteroatoms. The molecular formula is C16H14N2. The molecule has 0 amide bonds. The number of nitrogens with zero attached hydrogens (tertiary/aromatic N) is 1. The highest BCUT2D eigenvalue weighted by atomic mass is 15.1. The van der Waals surface area contributed by atoms with Crippen molar-refractivity contribution in [3.63, 3.8) is 0 Å². The zero-order chi connectivity index (χ0) is 11.9. The van der Waals surface area contributed by atoms with E-state index in [0.717, 1.165) is 25.3 Å². The molecule has 2 aromatic carbocycles.